The predicted octanol–water partition coefficient (Wildman–Crippen LogP) is 3.33. The number of hydrogen-bond acceptors (Lipinski definition) is 5. The van der Waals surface area contributed by atoms with Gasteiger partial charge in [-0.15, -0.1) is 0 Å². The Morgan fingerprint density at radius 3 is 2.34 bits per heavy atom. The highest BCUT2D eigenvalue weighted by Gasteiger charge is 2.46. The summed E-state index contributed by atoms with van der Waals surface area (Å²) in [6.45, 7) is -0.371. The smallest absolute Gasteiger partial charge is 0.308 e. The van der Waals surface area contributed by atoms with Crippen molar-refractivity contribution in [3.8, 4) is 11.1 Å². The summed E-state index contributed by atoms with van der Waals surface area (Å²) in [5.41, 5.74) is 5.08. The van der Waals surface area contributed by atoms with Crippen LogP contribution < -0.4 is 0 Å². The number of esters is 1. The number of imide groups is 1. The summed E-state index contributed by atoms with van der Waals surface area (Å²) in [6, 6.07) is 13.7. The number of ketones is 1. The number of rotatable bonds is 6. The molecular formula is C26H23NO5. The van der Waals surface area contributed by atoms with E-state index in [4.69, 9.17) is 4.74 Å². The second kappa shape index (κ2) is 8.19. The molecule has 0 saturated carbocycles. The summed E-state index contributed by atoms with van der Waals surface area (Å²) < 4.78 is 5.15. The Labute approximate surface area is 185 Å². The number of amides is 2. The second-order valence-electron chi connectivity index (χ2n) is 8.52. The minimum Gasteiger partial charge on any atom is -0.457 e. The largest absolute Gasteiger partial charge is 0.457 e. The molecule has 5 rings (SSSR count). The normalized spacial score (nSPS) is 20.7. The molecule has 162 valence electrons. The standard InChI is InChI=1S/C26H23NO5/c28-23(18-10-9-17-13-16-5-1-2-6-19(16)22(17)14-18)15-32-24(29)11-12-27-25(30)20-7-3-4-8-21(20)26(27)31/h1-6,9-10,14,20-21H,7-8,11-13,15H2/t20-,21-/m1/s1. The van der Waals surface area contributed by atoms with E-state index < -0.39 is 5.97 Å². The van der Waals surface area contributed by atoms with Crippen molar-refractivity contribution >= 4 is 23.6 Å². The third kappa shape index (κ3) is 3.55. The van der Waals surface area contributed by atoms with Crippen LogP contribution in [0.4, 0.5) is 0 Å². The first-order valence-electron chi connectivity index (χ1n) is 10.9. The van der Waals surface area contributed by atoms with Crippen molar-refractivity contribution in [3.63, 3.8) is 0 Å². The molecule has 0 radical (unpaired) electrons. The van der Waals surface area contributed by atoms with Gasteiger partial charge in [0, 0.05) is 12.1 Å². The van der Waals surface area contributed by atoms with Crippen molar-refractivity contribution in [1.29, 1.82) is 0 Å². The zero-order valence-electron chi connectivity index (χ0n) is 17.6. The van der Waals surface area contributed by atoms with Gasteiger partial charge < -0.3 is 4.74 Å². The zero-order chi connectivity index (χ0) is 22.2. The lowest BCUT2D eigenvalue weighted by Crippen LogP contribution is -2.33. The van der Waals surface area contributed by atoms with Crippen LogP contribution in [0.5, 0.6) is 0 Å². The molecule has 32 heavy (non-hydrogen) atoms. The quantitative estimate of drug-likeness (QED) is 0.260. The maximum atomic E-state index is 12.6. The first kappa shape index (κ1) is 20.4. The van der Waals surface area contributed by atoms with E-state index in [0.717, 1.165) is 17.5 Å². The second-order valence-corrected chi connectivity index (χ2v) is 8.52. The Morgan fingerprint density at radius 1 is 0.906 bits per heavy atom. The fraction of sp³-hybridized carbons (Fsp3) is 0.308. The Kier molecular flexibility index (Phi) is 5.21. The maximum Gasteiger partial charge on any atom is 0.308 e. The van der Waals surface area contributed by atoms with Gasteiger partial charge in [-0.1, -0.05) is 48.6 Å². The number of benzene rings is 2. The number of nitrogens with zero attached hydrogens (tertiary/aromatic N) is 1. The molecule has 1 fully saturated rings. The fourth-order valence-corrected chi connectivity index (χ4v) is 4.89. The Bertz CT molecular complexity index is 1140. The first-order valence-corrected chi connectivity index (χ1v) is 10.9. The van der Waals surface area contributed by atoms with E-state index >= 15 is 0 Å². The molecule has 0 aromatic heterocycles. The van der Waals surface area contributed by atoms with E-state index in [1.165, 1.54) is 16.0 Å². The van der Waals surface area contributed by atoms with Gasteiger partial charge in [0.1, 0.15) is 0 Å². The molecule has 1 heterocycles. The summed E-state index contributed by atoms with van der Waals surface area (Å²) >= 11 is 0. The van der Waals surface area contributed by atoms with Crippen LogP contribution >= 0.6 is 0 Å². The molecular weight excluding hydrogens is 406 g/mol. The first-order chi connectivity index (χ1) is 15.5. The highest BCUT2D eigenvalue weighted by Crippen LogP contribution is 2.37. The topological polar surface area (TPSA) is 80.8 Å². The number of allylic oxidation sites excluding steroid dienone is 2. The number of carbonyl (C=O) groups is 4. The molecule has 6 heteroatoms. The number of fused-ring (bicyclic) bond motifs is 4. The number of Topliss-reactive ketones (excluding diaryl/α,β-unsaturated/α-hetero) is 1. The van der Waals surface area contributed by atoms with Gasteiger partial charge in [-0.05, 0) is 47.6 Å². The van der Waals surface area contributed by atoms with E-state index in [1.54, 1.807) is 6.07 Å². The van der Waals surface area contributed by atoms with Crippen LogP contribution in [0.25, 0.3) is 11.1 Å². The third-order valence-electron chi connectivity index (χ3n) is 6.62. The minimum absolute atomic E-state index is 0.00663. The summed E-state index contributed by atoms with van der Waals surface area (Å²) in [5.74, 6) is -1.93. The number of carbonyl (C=O) groups excluding carboxylic acids is 4. The summed E-state index contributed by atoms with van der Waals surface area (Å²) in [7, 11) is 0. The molecule has 0 spiro atoms. The Hall–Kier alpha value is -3.54. The van der Waals surface area contributed by atoms with Crippen LogP contribution in [0.2, 0.25) is 0 Å². The molecule has 2 aromatic carbocycles. The summed E-state index contributed by atoms with van der Waals surface area (Å²) in [4.78, 5) is 50.9. The summed E-state index contributed by atoms with van der Waals surface area (Å²) in [5, 5.41) is 0. The van der Waals surface area contributed by atoms with Gasteiger partial charge in [-0.25, -0.2) is 0 Å². The van der Waals surface area contributed by atoms with Gasteiger partial charge >= 0.3 is 5.97 Å². The Morgan fingerprint density at radius 2 is 1.59 bits per heavy atom. The number of ether oxygens (including phenoxy) is 1. The maximum absolute atomic E-state index is 12.6. The van der Waals surface area contributed by atoms with Gasteiger partial charge in [0.2, 0.25) is 11.8 Å². The van der Waals surface area contributed by atoms with E-state index in [-0.39, 0.29) is 49.0 Å². The Balaban J connectivity index is 1.16. The highest BCUT2D eigenvalue weighted by atomic mass is 16.5. The molecule has 2 aliphatic carbocycles. The van der Waals surface area contributed by atoms with Crippen LogP contribution in [0, 0.1) is 11.8 Å². The van der Waals surface area contributed by atoms with E-state index in [1.807, 2.05) is 42.5 Å². The molecule has 1 saturated heterocycles. The molecule has 6 nitrogen and oxygen atoms in total. The SMILES string of the molecule is O=C(CCN1C(=O)[C@@H]2CC=CC[C@H]2C1=O)OCC(=O)c1ccc2c(c1)-c1ccccc1C2. The number of likely N-dealkylation sites (tertiary alicyclic amines) is 1. The van der Waals surface area contributed by atoms with Gasteiger partial charge in [-0.3, -0.25) is 24.1 Å². The predicted molar refractivity (Wildman–Crippen MR) is 117 cm³/mol. The minimum atomic E-state index is -0.599. The summed E-state index contributed by atoms with van der Waals surface area (Å²) in [6.07, 6.45) is 5.71. The van der Waals surface area contributed by atoms with Crippen molar-refractivity contribution in [2.45, 2.75) is 25.7 Å². The van der Waals surface area contributed by atoms with Crippen LogP contribution in [0.3, 0.4) is 0 Å². The average molecular weight is 429 g/mol. The monoisotopic (exact) mass is 429 g/mol. The molecule has 2 amide bonds. The van der Waals surface area contributed by atoms with Crippen molar-refractivity contribution in [3.05, 3.63) is 71.3 Å². The average Bonchev–Trinajstić information content (AvgIpc) is 3.31. The van der Waals surface area contributed by atoms with E-state index in [2.05, 4.69) is 6.07 Å². The molecule has 3 aliphatic rings. The lowest BCUT2D eigenvalue weighted by molar-refractivity contribution is -0.145. The van der Waals surface area contributed by atoms with Crippen LogP contribution in [-0.4, -0.2) is 41.6 Å². The molecule has 0 N–H and O–H groups in total. The van der Waals surface area contributed by atoms with Crippen LogP contribution in [0.15, 0.2) is 54.6 Å². The van der Waals surface area contributed by atoms with Gasteiger partial charge in [-0.2, -0.15) is 0 Å². The van der Waals surface area contributed by atoms with Gasteiger partial charge in [0.05, 0.1) is 18.3 Å². The highest BCUT2D eigenvalue weighted by molar-refractivity contribution is 6.05. The van der Waals surface area contributed by atoms with Gasteiger partial charge in [0.15, 0.2) is 12.4 Å². The van der Waals surface area contributed by atoms with Crippen LogP contribution in [-0.2, 0) is 25.5 Å². The van der Waals surface area contributed by atoms with Gasteiger partial charge in [0.25, 0.3) is 0 Å². The van der Waals surface area contributed by atoms with E-state index in [0.29, 0.717) is 18.4 Å². The molecule has 0 bridgehead atoms. The van der Waals surface area contributed by atoms with Crippen molar-refractivity contribution in [2.24, 2.45) is 11.8 Å². The van der Waals surface area contributed by atoms with Crippen molar-refractivity contribution < 1.29 is 23.9 Å². The van der Waals surface area contributed by atoms with E-state index in [9.17, 15) is 19.2 Å². The fourth-order valence-electron chi connectivity index (χ4n) is 4.89. The van der Waals surface area contributed by atoms with Crippen LogP contribution in [0.1, 0.15) is 40.7 Å². The van der Waals surface area contributed by atoms with Crippen molar-refractivity contribution in [2.75, 3.05) is 13.2 Å². The lowest BCUT2D eigenvalue weighted by atomic mass is 9.85. The lowest BCUT2D eigenvalue weighted by Gasteiger charge is -2.14. The zero-order valence-corrected chi connectivity index (χ0v) is 17.6. The molecule has 2 aromatic rings. The molecule has 0 unspecified atom stereocenters. The van der Waals surface area contributed by atoms with Crippen molar-refractivity contribution in [1.82, 2.24) is 4.90 Å². The number of hydrogen-bond donors (Lipinski definition) is 0. The third-order valence-corrected chi connectivity index (χ3v) is 6.62. The molecule has 1 aliphatic heterocycles. The molecule has 2 atom stereocenters.